The minimum absolute atomic E-state index is 0.00694. The Bertz CT molecular complexity index is 1560. The lowest BCUT2D eigenvalue weighted by Crippen LogP contribution is -2.05. The Balaban J connectivity index is 1.41. The lowest BCUT2D eigenvalue weighted by molar-refractivity contribution is 0.0559. The molecule has 0 aromatic carbocycles. The molecule has 1 unspecified atom stereocenters. The number of nitrogens with one attached hydrogen (secondary N) is 2. The Morgan fingerprint density at radius 2 is 1.02 bits per heavy atom. The van der Waals surface area contributed by atoms with E-state index in [0.29, 0.717) is 6.61 Å². The van der Waals surface area contributed by atoms with Gasteiger partial charge in [0, 0.05) is 39.8 Å². The monoisotopic (exact) mass is 662 g/mol. The zero-order valence-electron chi connectivity index (χ0n) is 30.8. The highest BCUT2D eigenvalue weighted by molar-refractivity contribution is 5.80. The van der Waals surface area contributed by atoms with Crippen molar-refractivity contribution in [3.8, 4) is 0 Å². The molecule has 0 aliphatic carbocycles. The van der Waals surface area contributed by atoms with E-state index in [1.54, 1.807) is 0 Å². The lowest BCUT2D eigenvalue weighted by atomic mass is 10.0. The molecule has 0 radical (unpaired) electrons. The number of unbranched alkanes of at least 4 members (excludes halogenated alkanes) is 15. The molecule has 0 fully saturated rings. The van der Waals surface area contributed by atoms with Gasteiger partial charge in [-0.1, -0.05) is 117 Å². The quantitative estimate of drug-likeness (QED) is 0.0725. The van der Waals surface area contributed by atoms with Gasteiger partial charge in [0.05, 0.1) is 28.9 Å². The molecule has 0 saturated carbocycles. The summed E-state index contributed by atoms with van der Waals surface area (Å²) in [4.78, 5) is 17.7. The van der Waals surface area contributed by atoms with Gasteiger partial charge in [-0.3, -0.25) is 0 Å². The minimum Gasteiger partial charge on any atom is -0.374 e. The van der Waals surface area contributed by atoms with Crippen LogP contribution in [0.5, 0.6) is 0 Å². The smallest absolute Gasteiger partial charge is 0.0865 e. The molecule has 2 aliphatic heterocycles. The normalized spacial score (nSPS) is 13.0. The SMILES string of the molecule is CCCCCCCCCCCc1c2nc(cc3ccc([nH]3)c(C(CCCCCCCCCC)OCC)c3ccc(cc4nc1C=C4)[nH]3)C=C2. The van der Waals surface area contributed by atoms with Crippen molar-refractivity contribution in [1.29, 1.82) is 0 Å². The van der Waals surface area contributed by atoms with E-state index in [2.05, 4.69) is 91.4 Å². The molecule has 3 aromatic rings. The molecule has 2 aliphatic rings. The first-order chi connectivity index (χ1) is 24.2. The lowest BCUT2D eigenvalue weighted by Gasteiger charge is -2.18. The summed E-state index contributed by atoms with van der Waals surface area (Å²) in [5.41, 5.74) is 10.8. The first kappa shape index (κ1) is 36.8. The number of hydrogen-bond donors (Lipinski definition) is 2. The molecule has 49 heavy (non-hydrogen) atoms. The predicted molar refractivity (Wildman–Crippen MR) is 211 cm³/mol. The number of rotatable bonds is 22. The highest BCUT2D eigenvalue weighted by atomic mass is 16.5. The molecule has 5 heterocycles. The van der Waals surface area contributed by atoms with Crippen molar-refractivity contribution in [1.82, 2.24) is 19.9 Å². The van der Waals surface area contributed by atoms with Crippen LogP contribution in [0.4, 0.5) is 0 Å². The number of nitrogens with zero attached hydrogens (tertiary/aromatic N) is 2. The molecule has 8 bridgehead atoms. The Kier molecular flexibility index (Phi) is 15.2. The maximum Gasteiger partial charge on any atom is 0.0865 e. The average molecular weight is 663 g/mol. The van der Waals surface area contributed by atoms with Crippen LogP contribution in [0.1, 0.15) is 176 Å². The Labute approximate surface area is 296 Å². The van der Waals surface area contributed by atoms with Crippen molar-refractivity contribution in [3.63, 3.8) is 0 Å². The molecule has 3 aromatic heterocycles. The van der Waals surface area contributed by atoms with E-state index >= 15 is 0 Å². The van der Waals surface area contributed by atoms with Crippen molar-refractivity contribution in [2.45, 2.75) is 149 Å². The second-order valence-corrected chi connectivity index (χ2v) is 14.1. The van der Waals surface area contributed by atoms with E-state index in [1.165, 1.54) is 120 Å². The number of aromatic nitrogens is 4. The van der Waals surface area contributed by atoms with Crippen LogP contribution in [0, 0.1) is 0 Å². The van der Waals surface area contributed by atoms with Crippen LogP contribution < -0.4 is 0 Å². The van der Waals surface area contributed by atoms with Gasteiger partial charge in [-0.25, -0.2) is 9.97 Å². The third kappa shape index (κ3) is 11.3. The summed E-state index contributed by atoms with van der Waals surface area (Å²) in [5.74, 6) is 0. The van der Waals surface area contributed by atoms with Crippen LogP contribution in [0.15, 0.2) is 36.4 Å². The summed E-state index contributed by atoms with van der Waals surface area (Å²) >= 11 is 0. The van der Waals surface area contributed by atoms with E-state index in [-0.39, 0.29) is 6.10 Å². The summed E-state index contributed by atoms with van der Waals surface area (Å²) in [5, 5.41) is 0. The molecule has 0 amide bonds. The van der Waals surface area contributed by atoms with E-state index in [4.69, 9.17) is 14.7 Å². The van der Waals surface area contributed by atoms with Crippen LogP contribution in [-0.4, -0.2) is 26.5 Å². The maximum absolute atomic E-state index is 6.49. The number of aromatic amines is 2. The van der Waals surface area contributed by atoms with Crippen molar-refractivity contribution in [2.75, 3.05) is 6.61 Å². The highest BCUT2D eigenvalue weighted by Crippen LogP contribution is 2.31. The second-order valence-electron chi connectivity index (χ2n) is 14.1. The van der Waals surface area contributed by atoms with Crippen molar-refractivity contribution in [2.24, 2.45) is 0 Å². The predicted octanol–water partition coefficient (Wildman–Crippen LogP) is 13.3. The number of H-pyrrole nitrogens is 2. The van der Waals surface area contributed by atoms with Crippen LogP contribution >= 0.6 is 0 Å². The van der Waals surface area contributed by atoms with Gasteiger partial charge in [0.2, 0.25) is 0 Å². The summed E-state index contributed by atoms with van der Waals surface area (Å²) in [6, 6.07) is 13.1. The molecule has 5 rings (SSSR count). The molecular weight excluding hydrogens is 601 g/mol. The van der Waals surface area contributed by atoms with Gasteiger partial charge >= 0.3 is 0 Å². The molecule has 2 N–H and O–H groups in total. The molecule has 0 saturated heterocycles. The Morgan fingerprint density at radius 1 is 0.551 bits per heavy atom. The van der Waals surface area contributed by atoms with Gasteiger partial charge in [-0.2, -0.15) is 0 Å². The zero-order valence-corrected chi connectivity index (χ0v) is 30.8. The minimum atomic E-state index is 0.00694. The topological polar surface area (TPSA) is 66.6 Å². The zero-order chi connectivity index (χ0) is 34.1. The average Bonchev–Trinajstić information content (AvgIpc) is 3.93. The van der Waals surface area contributed by atoms with Crippen molar-refractivity contribution in [3.05, 3.63) is 70.3 Å². The number of hydrogen-bond acceptors (Lipinski definition) is 3. The maximum atomic E-state index is 6.49. The summed E-state index contributed by atoms with van der Waals surface area (Å²) < 4.78 is 6.49. The second kappa shape index (κ2) is 20.3. The summed E-state index contributed by atoms with van der Waals surface area (Å²) in [6.45, 7) is 7.36. The summed E-state index contributed by atoms with van der Waals surface area (Å²) in [7, 11) is 0. The van der Waals surface area contributed by atoms with E-state index < -0.39 is 0 Å². The molecule has 264 valence electrons. The number of fused-ring (bicyclic) bond motifs is 8. The fraction of sp³-hybridized carbons (Fsp3) is 0.545. The molecular formula is C44H62N4O. The largest absolute Gasteiger partial charge is 0.374 e. The standard InChI is InChI=1S/C44H62N4O/c1-4-7-9-11-13-15-16-18-20-22-38-39-28-24-34(45-39)32-36-26-30-41(47-36)44(42-31-27-37(48-42)33-35-25-29-40(38)46-35)43(49-6-3)23-21-19-17-14-12-10-8-5-2/h24-33,43,47-48H,4-23H2,1-3H3. The van der Waals surface area contributed by atoms with E-state index in [1.807, 2.05) is 0 Å². The van der Waals surface area contributed by atoms with Gasteiger partial charge in [0.25, 0.3) is 0 Å². The number of ether oxygens (including phenoxy) is 1. The van der Waals surface area contributed by atoms with Gasteiger partial charge in [-0.15, -0.1) is 0 Å². The molecule has 5 nitrogen and oxygen atoms in total. The van der Waals surface area contributed by atoms with Crippen LogP contribution in [-0.2, 0) is 11.2 Å². The highest BCUT2D eigenvalue weighted by Gasteiger charge is 2.17. The molecule has 1 atom stereocenters. The third-order valence-electron chi connectivity index (χ3n) is 10.1. The van der Waals surface area contributed by atoms with Crippen LogP contribution in [0.2, 0.25) is 0 Å². The fourth-order valence-corrected chi connectivity index (χ4v) is 7.35. The van der Waals surface area contributed by atoms with Crippen LogP contribution in [0.3, 0.4) is 0 Å². The van der Waals surface area contributed by atoms with E-state index in [9.17, 15) is 0 Å². The Hall–Kier alpha value is -3.44. The summed E-state index contributed by atoms with van der Waals surface area (Å²) in [6.07, 6.45) is 33.0. The Morgan fingerprint density at radius 3 is 1.51 bits per heavy atom. The van der Waals surface area contributed by atoms with Gasteiger partial charge in [0.15, 0.2) is 0 Å². The van der Waals surface area contributed by atoms with E-state index in [0.717, 1.165) is 57.7 Å². The van der Waals surface area contributed by atoms with Gasteiger partial charge in [0.1, 0.15) is 0 Å². The first-order valence-electron chi connectivity index (χ1n) is 19.9. The van der Waals surface area contributed by atoms with Gasteiger partial charge < -0.3 is 14.7 Å². The van der Waals surface area contributed by atoms with Crippen LogP contribution in [0.25, 0.3) is 46.4 Å². The first-order valence-corrected chi connectivity index (χ1v) is 19.9. The molecule has 0 spiro atoms. The molecule has 5 heteroatoms. The third-order valence-corrected chi connectivity index (χ3v) is 10.1. The van der Waals surface area contributed by atoms with Gasteiger partial charge in [-0.05, 0) is 86.9 Å². The fourth-order valence-electron chi connectivity index (χ4n) is 7.35. The van der Waals surface area contributed by atoms with Crippen molar-refractivity contribution >= 4 is 46.4 Å². The van der Waals surface area contributed by atoms with Crippen molar-refractivity contribution < 1.29 is 4.74 Å².